The molecular formula is C37H31N3O3S. The third-order valence-electron chi connectivity index (χ3n) is 8.53. The van der Waals surface area contributed by atoms with Gasteiger partial charge in [0.15, 0.2) is 4.80 Å². The Morgan fingerprint density at radius 1 is 0.932 bits per heavy atom. The van der Waals surface area contributed by atoms with E-state index in [1.165, 1.54) is 34.8 Å². The normalized spacial score (nSPS) is 15.1. The van der Waals surface area contributed by atoms with E-state index in [4.69, 9.17) is 9.73 Å². The molecule has 3 heterocycles. The summed E-state index contributed by atoms with van der Waals surface area (Å²) in [7, 11) is 1.37. The summed E-state index contributed by atoms with van der Waals surface area (Å²) in [5.74, 6) is -0.471. The van der Waals surface area contributed by atoms with Crippen molar-refractivity contribution < 1.29 is 9.53 Å². The Hall–Kier alpha value is -5.01. The van der Waals surface area contributed by atoms with Crippen molar-refractivity contribution in [3.8, 4) is 0 Å². The van der Waals surface area contributed by atoms with E-state index < -0.39 is 12.0 Å². The van der Waals surface area contributed by atoms with E-state index in [2.05, 4.69) is 72.2 Å². The Bertz CT molecular complexity index is 2280. The van der Waals surface area contributed by atoms with Crippen LogP contribution in [0.1, 0.15) is 41.8 Å². The highest BCUT2D eigenvalue weighted by atomic mass is 32.1. The number of benzene rings is 4. The van der Waals surface area contributed by atoms with Crippen LogP contribution in [0.5, 0.6) is 0 Å². The van der Waals surface area contributed by atoms with Gasteiger partial charge in [0.2, 0.25) is 0 Å². The zero-order valence-electron chi connectivity index (χ0n) is 24.8. The molecule has 0 aliphatic carbocycles. The molecule has 6 nitrogen and oxygen atoms in total. The van der Waals surface area contributed by atoms with E-state index in [1.807, 2.05) is 49.4 Å². The molecule has 0 spiro atoms. The second-order valence-electron chi connectivity index (χ2n) is 10.9. The van der Waals surface area contributed by atoms with Gasteiger partial charge in [0, 0.05) is 28.7 Å². The number of thiazole rings is 1. The fraction of sp³-hybridized carbons (Fsp3) is 0.162. The predicted octanol–water partition coefficient (Wildman–Crippen LogP) is 6.26. The predicted molar refractivity (Wildman–Crippen MR) is 177 cm³/mol. The number of esters is 1. The number of carbonyl (C=O) groups excluding carboxylic acids is 1. The van der Waals surface area contributed by atoms with Crippen LogP contribution in [0.3, 0.4) is 0 Å². The van der Waals surface area contributed by atoms with E-state index in [1.54, 1.807) is 4.57 Å². The number of aromatic nitrogens is 2. The van der Waals surface area contributed by atoms with Crippen LogP contribution in [-0.4, -0.2) is 22.2 Å². The maximum Gasteiger partial charge on any atom is 0.338 e. The van der Waals surface area contributed by atoms with Gasteiger partial charge in [-0.05, 0) is 47.4 Å². The molecule has 0 saturated carbocycles. The molecule has 218 valence electrons. The molecule has 7 rings (SSSR count). The van der Waals surface area contributed by atoms with Crippen LogP contribution < -0.4 is 14.9 Å². The summed E-state index contributed by atoms with van der Waals surface area (Å²) in [4.78, 5) is 32.8. The zero-order valence-corrected chi connectivity index (χ0v) is 25.6. The number of rotatable bonds is 6. The van der Waals surface area contributed by atoms with Gasteiger partial charge in [-0.3, -0.25) is 9.36 Å². The van der Waals surface area contributed by atoms with Gasteiger partial charge in [0.25, 0.3) is 5.56 Å². The van der Waals surface area contributed by atoms with E-state index in [0.717, 1.165) is 27.7 Å². The number of ether oxygens (including phenoxy) is 1. The average Bonchev–Trinajstić information content (AvgIpc) is 3.52. The quantitative estimate of drug-likeness (QED) is 0.213. The first kappa shape index (κ1) is 27.8. The molecule has 1 aliphatic heterocycles. The average molecular weight is 598 g/mol. The summed E-state index contributed by atoms with van der Waals surface area (Å²) in [5, 5.41) is 3.53. The third-order valence-corrected chi connectivity index (χ3v) is 9.51. The van der Waals surface area contributed by atoms with Crippen LogP contribution in [0.2, 0.25) is 0 Å². The van der Waals surface area contributed by atoms with Gasteiger partial charge < -0.3 is 9.30 Å². The fourth-order valence-electron chi connectivity index (χ4n) is 6.39. The lowest BCUT2D eigenvalue weighted by molar-refractivity contribution is -0.136. The number of allylic oxidation sites excluding steroid dienone is 1. The highest BCUT2D eigenvalue weighted by Gasteiger charge is 2.33. The zero-order chi connectivity index (χ0) is 30.4. The minimum atomic E-state index is -0.620. The molecule has 1 atom stereocenters. The molecule has 0 radical (unpaired) electrons. The summed E-state index contributed by atoms with van der Waals surface area (Å²) >= 11 is 1.36. The molecule has 4 aromatic carbocycles. The van der Waals surface area contributed by atoms with Crippen molar-refractivity contribution in [1.29, 1.82) is 0 Å². The van der Waals surface area contributed by atoms with Gasteiger partial charge in [0.1, 0.15) is 0 Å². The van der Waals surface area contributed by atoms with Crippen molar-refractivity contribution in [3.63, 3.8) is 0 Å². The van der Waals surface area contributed by atoms with Crippen LogP contribution in [-0.2, 0) is 16.1 Å². The number of hydrogen-bond donors (Lipinski definition) is 0. The van der Waals surface area contributed by atoms with Crippen LogP contribution in [0, 0.1) is 6.92 Å². The molecule has 0 amide bonds. The smallest absolute Gasteiger partial charge is 0.338 e. The lowest BCUT2D eigenvalue weighted by atomic mass is 9.95. The lowest BCUT2D eigenvalue weighted by Crippen LogP contribution is -2.40. The van der Waals surface area contributed by atoms with Crippen molar-refractivity contribution in [2.24, 2.45) is 4.99 Å². The molecule has 0 bridgehead atoms. The van der Waals surface area contributed by atoms with Gasteiger partial charge in [-0.25, -0.2) is 9.79 Å². The molecule has 0 saturated heterocycles. The molecule has 6 aromatic rings. The number of para-hydroxylation sites is 1. The third kappa shape index (κ3) is 4.52. The summed E-state index contributed by atoms with van der Waals surface area (Å²) in [6.07, 6.45) is 2.54. The molecule has 2 aromatic heterocycles. The van der Waals surface area contributed by atoms with Crippen molar-refractivity contribution in [2.75, 3.05) is 7.11 Å². The summed E-state index contributed by atoms with van der Waals surface area (Å²) < 4.78 is 9.75. The standard InChI is InChI=1S/C37H31N3O3S/c1-4-30-33(36(42)43-3)34(25-14-6-5-7-15-25)40-35(41)32(44-37(40)38-30)21-29-23(2)39(31-20-11-10-19-28(29)31)22-26-17-12-16-24-13-8-9-18-27(24)26/h5-21,34H,4,22H2,1-3H3/b32-21+/t34-/m0/s1. The summed E-state index contributed by atoms with van der Waals surface area (Å²) in [6.45, 7) is 4.79. The SMILES string of the molecule is CCC1=C(C(=O)OC)[C@H](c2ccccc2)n2c(s/c(=C/c3c(C)n(Cc4cccc5ccccc45)c4ccccc34)c2=O)=N1. The van der Waals surface area contributed by atoms with E-state index in [9.17, 15) is 9.59 Å². The maximum absolute atomic E-state index is 14.2. The van der Waals surface area contributed by atoms with Gasteiger partial charge in [-0.1, -0.05) is 109 Å². The number of methoxy groups -OCH3 is 1. The van der Waals surface area contributed by atoms with E-state index in [0.29, 0.717) is 33.6 Å². The molecule has 0 N–H and O–H groups in total. The first-order valence-electron chi connectivity index (χ1n) is 14.7. The van der Waals surface area contributed by atoms with Crippen molar-refractivity contribution in [1.82, 2.24) is 9.13 Å². The number of nitrogens with zero attached hydrogens (tertiary/aromatic N) is 3. The van der Waals surface area contributed by atoms with Gasteiger partial charge in [-0.2, -0.15) is 0 Å². The highest BCUT2D eigenvalue weighted by Crippen LogP contribution is 2.32. The minimum absolute atomic E-state index is 0.176. The Morgan fingerprint density at radius 2 is 1.64 bits per heavy atom. The second-order valence-corrected chi connectivity index (χ2v) is 11.9. The summed E-state index contributed by atoms with van der Waals surface area (Å²) in [6, 6.07) is 32.2. The summed E-state index contributed by atoms with van der Waals surface area (Å²) in [5.41, 5.74) is 6.14. The lowest BCUT2D eigenvalue weighted by Gasteiger charge is -2.25. The fourth-order valence-corrected chi connectivity index (χ4v) is 7.39. The maximum atomic E-state index is 14.2. The molecular weight excluding hydrogens is 566 g/mol. The van der Waals surface area contributed by atoms with Crippen LogP contribution >= 0.6 is 11.3 Å². The van der Waals surface area contributed by atoms with Crippen molar-refractivity contribution in [2.45, 2.75) is 32.9 Å². The van der Waals surface area contributed by atoms with E-state index in [-0.39, 0.29) is 5.56 Å². The first-order chi connectivity index (χ1) is 21.5. The molecule has 0 fully saturated rings. The van der Waals surface area contributed by atoms with Crippen LogP contribution in [0.15, 0.2) is 118 Å². The molecule has 7 heteroatoms. The largest absolute Gasteiger partial charge is 0.466 e. The van der Waals surface area contributed by atoms with Crippen molar-refractivity contribution in [3.05, 3.63) is 150 Å². The number of carbonyl (C=O) groups is 1. The number of hydrogen-bond acceptors (Lipinski definition) is 5. The number of fused-ring (bicyclic) bond motifs is 3. The Labute approximate surface area is 258 Å². The minimum Gasteiger partial charge on any atom is -0.466 e. The monoisotopic (exact) mass is 597 g/mol. The van der Waals surface area contributed by atoms with Crippen LogP contribution in [0.4, 0.5) is 0 Å². The van der Waals surface area contributed by atoms with E-state index >= 15 is 0 Å². The Kier molecular flexibility index (Phi) is 7.10. The molecule has 0 unspecified atom stereocenters. The highest BCUT2D eigenvalue weighted by molar-refractivity contribution is 7.07. The van der Waals surface area contributed by atoms with Crippen LogP contribution in [0.25, 0.3) is 27.8 Å². The molecule has 44 heavy (non-hydrogen) atoms. The molecule has 1 aliphatic rings. The Balaban J connectivity index is 1.43. The second kappa shape index (κ2) is 11.2. The van der Waals surface area contributed by atoms with Gasteiger partial charge in [0.05, 0.1) is 29.0 Å². The Morgan fingerprint density at radius 3 is 2.41 bits per heavy atom. The first-order valence-corrected chi connectivity index (χ1v) is 15.5. The van der Waals surface area contributed by atoms with Gasteiger partial charge in [-0.15, -0.1) is 0 Å². The van der Waals surface area contributed by atoms with Crippen molar-refractivity contribution >= 4 is 45.1 Å². The topological polar surface area (TPSA) is 65.6 Å². The van der Waals surface area contributed by atoms with Gasteiger partial charge >= 0.3 is 5.97 Å².